The van der Waals surface area contributed by atoms with Crippen LogP contribution in [0.4, 0.5) is 5.82 Å². The molecule has 0 aromatic carbocycles. The van der Waals surface area contributed by atoms with Gasteiger partial charge in [0.1, 0.15) is 5.82 Å². The minimum atomic E-state index is 0.324. The topological polar surface area (TPSA) is 33.2 Å². The highest BCUT2D eigenvalue weighted by Gasteiger charge is 2.24. The lowest BCUT2D eigenvalue weighted by molar-refractivity contribution is 0.112. The van der Waals surface area contributed by atoms with E-state index in [1.165, 1.54) is 0 Å². The molecule has 0 radical (unpaired) electrons. The molecule has 0 aliphatic carbocycles. The van der Waals surface area contributed by atoms with Gasteiger partial charge in [-0.25, -0.2) is 4.98 Å². The molecular weight excluding hydrogens is 232 g/mol. The number of hydrogen-bond donors (Lipinski definition) is 0. The van der Waals surface area contributed by atoms with Gasteiger partial charge in [0.2, 0.25) is 0 Å². The second-order valence-corrected chi connectivity index (χ2v) is 6.68. The van der Waals surface area contributed by atoms with E-state index >= 15 is 0 Å². The summed E-state index contributed by atoms with van der Waals surface area (Å²) in [6.07, 6.45) is 3.77. The number of carbonyl (C=O) groups excluding carboxylic acids is 1. The average molecular weight is 250 g/mol. The van der Waals surface area contributed by atoms with Crippen LogP contribution in [0.25, 0.3) is 0 Å². The van der Waals surface area contributed by atoms with Crippen LogP contribution < -0.4 is 4.90 Å². The summed E-state index contributed by atoms with van der Waals surface area (Å²) in [5.74, 6) is 1.92. The summed E-state index contributed by atoms with van der Waals surface area (Å²) < 4.78 is 0.324. The van der Waals surface area contributed by atoms with E-state index in [-0.39, 0.29) is 0 Å². The van der Waals surface area contributed by atoms with E-state index in [0.29, 0.717) is 10.3 Å². The fourth-order valence-electron chi connectivity index (χ4n) is 2.00. The summed E-state index contributed by atoms with van der Waals surface area (Å²) in [5, 5.41) is 0. The van der Waals surface area contributed by atoms with Crippen LogP contribution in [0.3, 0.4) is 0 Å². The normalized spacial score (nSPS) is 19.8. The molecule has 1 aliphatic heterocycles. The van der Waals surface area contributed by atoms with Gasteiger partial charge < -0.3 is 4.90 Å². The first-order valence-electron chi connectivity index (χ1n) is 5.91. The van der Waals surface area contributed by atoms with Crippen molar-refractivity contribution in [3.8, 4) is 0 Å². The van der Waals surface area contributed by atoms with Gasteiger partial charge in [-0.1, -0.05) is 13.8 Å². The molecule has 0 bridgehead atoms. The Morgan fingerprint density at radius 1 is 1.47 bits per heavy atom. The molecule has 1 saturated heterocycles. The van der Waals surface area contributed by atoms with Crippen molar-refractivity contribution in [1.29, 1.82) is 0 Å². The number of rotatable bonds is 2. The molecule has 1 aromatic heterocycles. The molecular formula is C13H18N2OS. The van der Waals surface area contributed by atoms with Crippen molar-refractivity contribution in [1.82, 2.24) is 4.98 Å². The molecule has 1 aliphatic rings. The molecule has 92 valence electrons. The van der Waals surface area contributed by atoms with Crippen LogP contribution in [-0.2, 0) is 0 Å². The number of aldehydes is 1. The van der Waals surface area contributed by atoms with Gasteiger partial charge in [0.05, 0.1) is 5.56 Å². The molecule has 1 aromatic rings. The zero-order valence-electron chi connectivity index (χ0n) is 10.3. The zero-order valence-corrected chi connectivity index (χ0v) is 11.2. The third-order valence-corrected chi connectivity index (χ3v) is 4.45. The molecule has 1 fully saturated rings. The lowest BCUT2D eigenvalue weighted by atomic mass is 10.1. The Balaban J connectivity index is 2.19. The van der Waals surface area contributed by atoms with Crippen LogP contribution in [0.5, 0.6) is 0 Å². The number of anilines is 1. The molecule has 2 rings (SSSR count). The minimum absolute atomic E-state index is 0.324. The van der Waals surface area contributed by atoms with Crippen molar-refractivity contribution in [2.45, 2.75) is 25.0 Å². The molecule has 0 unspecified atom stereocenters. The number of thioether (sulfide) groups is 1. The predicted molar refractivity (Wildman–Crippen MR) is 73.0 cm³/mol. The smallest absolute Gasteiger partial charge is 0.153 e. The van der Waals surface area contributed by atoms with Crippen molar-refractivity contribution in [2.75, 3.05) is 23.7 Å². The molecule has 0 amide bonds. The Hall–Kier alpha value is -1.03. The maximum Gasteiger partial charge on any atom is 0.153 e. The second kappa shape index (κ2) is 5.08. The van der Waals surface area contributed by atoms with Crippen LogP contribution in [0, 0.1) is 0 Å². The summed E-state index contributed by atoms with van der Waals surface area (Å²) in [5.41, 5.74) is 0.692. The largest absolute Gasteiger partial charge is 0.355 e. The first kappa shape index (κ1) is 12.4. The summed E-state index contributed by atoms with van der Waals surface area (Å²) in [7, 11) is 0. The van der Waals surface area contributed by atoms with E-state index in [4.69, 9.17) is 0 Å². The third-order valence-electron chi connectivity index (χ3n) is 3.08. The molecule has 0 atom stereocenters. The highest BCUT2D eigenvalue weighted by atomic mass is 32.2. The summed E-state index contributed by atoms with van der Waals surface area (Å²) in [4.78, 5) is 17.6. The molecule has 2 heterocycles. The van der Waals surface area contributed by atoms with E-state index in [1.54, 1.807) is 6.20 Å². The SMILES string of the molecule is CC1(C)CCN(c2ncccc2C=O)CCS1. The van der Waals surface area contributed by atoms with E-state index in [9.17, 15) is 4.79 Å². The van der Waals surface area contributed by atoms with Crippen LogP contribution in [0.1, 0.15) is 30.6 Å². The van der Waals surface area contributed by atoms with Crippen LogP contribution in [0.15, 0.2) is 18.3 Å². The Bertz CT molecular complexity index is 406. The van der Waals surface area contributed by atoms with Crippen LogP contribution in [-0.4, -0.2) is 34.9 Å². The second-order valence-electron chi connectivity index (χ2n) is 4.88. The lowest BCUT2D eigenvalue weighted by Crippen LogP contribution is -2.28. The maximum absolute atomic E-state index is 11.0. The Kier molecular flexibility index (Phi) is 3.72. The fraction of sp³-hybridized carbons (Fsp3) is 0.538. The van der Waals surface area contributed by atoms with E-state index < -0.39 is 0 Å². The molecule has 0 N–H and O–H groups in total. The van der Waals surface area contributed by atoms with Crippen molar-refractivity contribution in [3.63, 3.8) is 0 Å². The van der Waals surface area contributed by atoms with Gasteiger partial charge in [0.25, 0.3) is 0 Å². The summed E-state index contributed by atoms with van der Waals surface area (Å²) in [6.45, 7) is 6.49. The fourth-order valence-corrected chi connectivity index (χ4v) is 3.10. The number of aromatic nitrogens is 1. The summed E-state index contributed by atoms with van der Waals surface area (Å²) in [6, 6.07) is 3.64. The molecule has 4 heteroatoms. The highest BCUT2D eigenvalue weighted by Crippen LogP contribution is 2.32. The first-order chi connectivity index (χ1) is 8.12. The lowest BCUT2D eigenvalue weighted by Gasteiger charge is -2.24. The average Bonchev–Trinajstić information content (AvgIpc) is 2.50. The molecule has 3 nitrogen and oxygen atoms in total. The maximum atomic E-state index is 11.0. The van der Waals surface area contributed by atoms with E-state index in [0.717, 1.165) is 37.4 Å². The number of hydrogen-bond acceptors (Lipinski definition) is 4. The zero-order chi connectivity index (χ0) is 12.3. The van der Waals surface area contributed by atoms with E-state index in [2.05, 4.69) is 23.7 Å². The molecule has 0 spiro atoms. The van der Waals surface area contributed by atoms with Gasteiger partial charge in [-0.2, -0.15) is 11.8 Å². The van der Waals surface area contributed by atoms with Crippen molar-refractivity contribution in [3.05, 3.63) is 23.9 Å². The Labute approximate surface area is 107 Å². The quantitative estimate of drug-likeness (QED) is 0.755. The number of nitrogens with zero attached hydrogens (tertiary/aromatic N) is 2. The van der Waals surface area contributed by atoms with Gasteiger partial charge in [-0.15, -0.1) is 0 Å². The van der Waals surface area contributed by atoms with Crippen LogP contribution in [0.2, 0.25) is 0 Å². The van der Waals surface area contributed by atoms with Crippen LogP contribution >= 0.6 is 11.8 Å². The monoisotopic (exact) mass is 250 g/mol. The Morgan fingerprint density at radius 2 is 2.29 bits per heavy atom. The highest BCUT2D eigenvalue weighted by molar-refractivity contribution is 8.00. The van der Waals surface area contributed by atoms with Crippen molar-refractivity contribution in [2.24, 2.45) is 0 Å². The van der Waals surface area contributed by atoms with Crippen molar-refractivity contribution < 1.29 is 4.79 Å². The summed E-state index contributed by atoms with van der Waals surface area (Å²) >= 11 is 2.00. The van der Waals surface area contributed by atoms with Crippen molar-refractivity contribution >= 4 is 23.9 Å². The van der Waals surface area contributed by atoms with Gasteiger partial charge in [0.15, 0.2) is 6.29 Å². The predicted octanol–water partition coefficient (Wildman–Crippen LogP) is 2.62. The molecule has 0 saturated carbocycles. The number of pyridine rings is 1. The first-order valence-corrected chi connectivity index (χ1v) is 6.90. The Morgan fingerprint density at radius 3 is 3.06 bits per heavy atom. The van der Waals surface area contributed by atoms with Gasteiger partial charge >= 0.3 is 0 Å². The van der Waals surface area contributed by atoms with Gasteiger partial charge in [-0.05, 0) is 18.6 Å². The van der Waals surface area contributed by atoms with E-state index in [1.807, 2.05) is 23.9 Å². The number of carbonyl (C=O) groups is 1. The standard InChI is InChI=1S/C13H18N2OS/c1-13(2)5-7-15(8-9-17-13)12-11(10-16)4-3-6-14-12/h3-4,6,10H,5,7-9H2,1-2H3. The minimum Gasteiger partial charge on any atom is -0.355 e. The molecule has 17 heavy (non-hydrogen) atoms. The van der Waals surface area contributed by atoms with Gasteiger partial charge in [-0.3, -0.25) is 4.79 Å². The van der Waals surface area contributed by atoms with Gasteiger partial charge in [0, 0.05) is 29.8 Å². The third kappa shape index (κ3) is 3.00.